The molecule has 0 spiro atoms. The summed E-state index contributed by atoms with van der Waals surface area (Å²) in [6.45, 7) is 4.84. The van der Waals surface area contributed by atoms with Gasteiger partial charge in [0.15, 0.2) is 0 Å². The van der Waals surface area contributed by atoms with Crippen molar-refractivity contribution in [2.24, 2.45) is 4.99 Å². The van der Waals surface area contributed by atoms with Crippen molar-refractivity contribution in [1.29, 1.82) is 0 Å². The van der Waals surface area contributed by atoms with Gasteiger partial charge in [-0.15, -0.1) is 12.4 Å². The van der Waals surface area contributed by atoms with E-state index in [-0.39, 0.29) is 23.9 Å². The smallest absolute Gasteiger partial charge is 0.274 e. The molecule has 2 aliphatic rings. The van der Waals surface area contributed by atoms with E-state index in [1.165, 1.54) is 19.3 Å². The number of hydrogen-bond acceptors (Lipinski definition) is 4. The SMILES string of the molecule is C=c1c(=O)[nH]c2n1Cc1cc(OCCCC(=O)N(C)C3CCCCC3)ccc1N=2.Cl. The van der Waals surface area contributed by atoms with Gasteiger partial charge in [-0.3, -0.25) is 14.6 Å². The second-order valence-corrected chi connectivity index (χ2v) is 7.96. The molecule has 1 aliphatic carbocycles. The Balaban J connectivity index is 0.00000256. The van der Waals surface area contributed by atoms with E-state index < -0.39 is 0 Å². The lowest BCUT2D eigenvalue weighted by molar-refractivity contribution is -0.132. The third-order valence-electron chi connectivity index (χ3n) is 5.99. The fourth-order valence-electron chi connectivity index (χ4n) is 4.18. The maximum absolute atomic E-state index is 12.4. The summed E-state index contributed by atoms with van der Waals surface area (Å²) in [4.78, 5) is 33.3. The van der Waals surface area contributed by atoms with Gasteiger partial charge >= 0.3 is 0 Å². The molecular formula is C22H29ClN4O3. The van der Waals surface area contributed by atoms with Crippen LogP contribution in [0.3, 0.4) is 0 Å². The number of halogens is 1. The van der Waals surface area contributed by atoms with Gasteiger partial charge in [0.2, 0.25) is 11.5 Å². The Labute approximate surface area is 181 Å². The molecule has 1 aromatic heterocycles. The van der Waals surface area contributed by atoms with E-state index in [0.717, 1.165) is 29.8 Å². The molecule has 1 saturated carbocycles. The van der Waals surface area contributed by atoms with E-state index in [0.29, 0.717) is 43.0 Å². The van der Waals surface area contributed by atoms with E-state index in [9.17, 15) is 9.59 Å². The molecule has 0 unspecified atom stereocenters. The molecule has 0 atom stereocenters. The predicted octanol–water partition coefficient (Wildman–Crippen LogP) is 2.27. The molecule has 0 saturated heterocycles. The van der Waals surface area contributed by atoms with Crippen LogP contribution in [0.15, 0.2) is 28.0 Å². The van der Waals surface area contributed by atoms with Crippen LogP contribution >= 0.6 is 12.4 Å². The van der Waals surface area contributed by atoms with Gasteiger partial charge in [-0.25, -0.2) is 4.99 Å². The molecule has 1 fully saturated rings. The summed E-state index contributed by atoms with van der Waals surface area (Å²) in [6.07, 6.45) is 7.20. The predicted molar refractivity (Wildman–Crippen MR) is 118 cm³/mol. The maximum Gasteiger partial charge on any atom is 0.274 e. The summed E-state index contributed by atoms with van der Waals surface area (Å²) >= 11 is 0. The third-order valence-corrected chi connectivity index (χ3v) is 5.99. The number of H-pyrrole nitrogens is 1. The van der Waals surface area contributed by atoms with Gasteiger partial charge in [0.25, 0.3) is 5.56 Å². The van der Waals surface area contributed by atoms with Gasteiger partial charge in [-0.2, -0.15) is 0 Å². The number of rotatable bonds is 6. The number of amides is 1. The molecule has 162 valence electrons. The standard InChI is InChI=1S/C22H28N4O3.ClH/c1-15-21(28)24-22-23-19-11-10-18(13-16(19)14-26(15)22)29-12-6-9-20(27)25(2)17-7-4-3-5-8-17;/h10-11,13,17H,1,3-9,12,14H2,2H3,(H,23,24,28);1H. The average Bonchev–Trinajstić information content (AvgIpc) is 3.02. The molecular weight excluding hydrogens is 404 g/mol. The second-order valence-electron chi connectivity index (χ2n) is 7.96. The van der Waals surface area contributed by atoms with E-state index in [1.807, 2.05) is 30.1 Å². The van der Waals surface area contributed by atoms with Gasteiger partial charge < -0.3 is 14.2 Å². The highest BCUT2D eigenvalue weighted by Gasteiger charge is 2.21. The molecule has 1 amide bonds. The normalized spacial score (nSPS) is 15.4. The number of aromatic nitrogens is 2. The number of benzene rings is 1. The van der Waals surface area contributed by atoms with Crippen LogP contribution in [-0.2, 0) is 11.3 Å². The zero-order valence-electron chi connectivity index (χ0n) is 17.4. The molecule has 30 heavy (non-hydrogen) atoms. The van der Waals surface area contributed by atoms with Crippen LogP contribution in [-0.4, -0.2) is 40.1 Å². The molecule has 8 heteroatoms. The number of hydrogen-bond donors (Lipinski definition) is 1. The summed E-state index contributed by atoms with van der Waals surface area (Å²) in [5.74, 6) is 0.956. The molecule has 2 heterocycles. The summed E-state index contributed by atoms with van der Waals surface area (Å²) in [6, 6.07) is 6.12. The fourth-order valence-corrected chi connectivity index (χ4v) is 4.18. The van der Waals surface area contributed by atoms with Crippen molar-refractivity contribution in [2.75, 3.05) is 13.7 Å². The first-order chi connectivity index (χ1) is 14.0. The summed E-state index contributed by atoms with van der Waals surface area (Å²) in [7, 11) is 1.93. The van der Waals surface area contributed by atoms with Crippen LogP contribution in [0.4, 0.5) is 5.69 Å². The Bertz CT molecular complexity index is 1070. The van der Waals surface area contributed by atoms with E-state index in [4.69, 9.17) is 4.74 Å². The van der Waals surface area contributed by atoms with Crippen molar-refractivity contribution in [2.45, 2.75) is 57.5 Å². The van der Waals surface area contributed by atoms with Crippen LogP contribution < -0.4 is 21.3 Å². The van der Waals surface area contributed by atoms with Crippen molar-refractivity contribution >= 4 is 30.6 Å². The van der Waals surface area contributed by atoms with Crippen molar-refractivity contribution in [3.05, 3.63) is 45.1 Å². The first-order valence-electron chi connectivity index (χ1n) is 10.4. The minimum absolute atomic E-state index is 0. The zero-order valence-corrected chi connectivity index (χ0v) is 18.2. The van der Waals surface area contributed by atoms with Gasteiger partial charge in [0.05, 0.1) is 18.8 Å². The number of fused-ring (bicyclic) bond motifs is 2. The number of ether oxygens (including phenoxy) is 1. The highest BCUT2D eigenvalue weighted by atomic mass is 35.5. The lowest BCUT2D eigenvalue weighted by Crippen LogP contribution is -2.38. The van der Waals surface area contributed by atoms with Gasteiger partial charge in [-0.1, -0.05) is 25.8 Å². The summed E-state index contributed by atoms with van der Waals surface area (Å²) in [5, 5.41) is 0.404. The first kappa shape index (κ1) is 22.2. The second kappa shape index (κ2) is 9.51. The number of imidazole rings is 1. The van der Waals surface area contributed by atoms with Gasteiger partial charge in [0.1, 0.15) is 11.1 Å². The number of aromatic amines is 1. The fraction of sp³-hybridized carbons (Fsp3) is 0.500. The molecule has 0 bridgehead atoms. The van der Waals surface area contributed by atoms with Crippen molar-refractivity contribution < 1.29 is 9.53 Å². The summed E-state index contributed by atoms with van der Waals surface area (Å²) in [5.41, 5.74) is 2.12. The molecule has 1 aromatic carbocycles. The third kappa shape index (κ3) is 4.61. The Morgan fingerprint density at radius 3 is 2.87 bits per heavy atom. The Morgan fingerprint density at radius 2 is 2.10 bits per heavy atom. The molecule has 7 nitrogen and oxygen atoms in total. The Morgan fingerprint density at radius 1 is 1.33 bits per heavy atom. The molecule has 1 aliphatic heterocycles. The molecule has 0 radical (unpaired) electrons. The largest absolute Gasteiger partial charge is 0.494 e. The van der Waals surface area contributed by atoms with Crippen LogP contribution in [0.5, 0.6) is 5.75 Å². The maximum atomic E-state index is 12.4. The highest BCUT2D eigenvalue weighted by Crippen LogP contribution is 2.26. The summed E-state index contributed by atoms with van der Waals surface area (Å²) < 4.78 is 7.64. The zero-order chi connectivity index (χ0) is 20.4. The number of nitrogens with one attached hydrogen (secondary N) is 1. The minimum atomic E-state index is -0.212. The lowest BCUT2D eigenvalue weighted by atomic mass is 9.94. The Kier molecular flexibility index (Phi) is 7.02. The number of carbonyl (C=O) groups excluding carboxylic acids is 1. The number of carbonyl (C=O) groups is 1. The lowest BCUT2D eigenvalue weighted by Gasteiger charge is -2.31. The monoisotopic (exact) mass is 432 g/mol. The number of nitrogens with zero attached hydrogens (tertiary/aromatic N) is 3. The highest BCUT2D eigenvalue weighted by molar-refractivity contribution is 5.85. The molecule has 2 aromatic rings. The van der Waals surface area contributed by atoms with Crippen molar-refractivity contribution in [3.63, 3.8) is 0 Å². The van der Waals surface area contributed by atoms with E-state index >= 15 is 0 Å². The average molecular weight is 433 g/mol. The van der Waals surface area contributed by atoms with E-state index in [1.54, 1.807) is 4.57 Å². The van der Waals surface area contributed by atoms with Gasteiger partial charge in [0, 0.05) is 25.1 Å². The topological polar surface area (TPSA) is 79.7 Å². The van der Waals surface area contributed by atoms with Crippen molar-refractivity contribution in [3.8, 4) is 5.75 Å². The molecule has 4 rings (SSSR count). The van der Waals surface area contributed by atoms with Crippen LogP contribution in [0.2, 0.25) is 0 Å². The first-order valence-corrected chi connectivity index (χ1v) is 10.4. The van der Waals surface area contributed by atoms with Crippen LogP contribution in [0.25, 0.3) is 6.58 Å². The van der Waals surface area contributed by atoms with Crippen molar-refractivity contribution in [1.82, 2.24) is 14.5 Å². The van der Waals surface area contributed by atoms with Crippen LogP contribution in [0, 0.1) is 0 Å². The molecule has 1 N–H and O–H groups in total. The van der Waals surface area contributed by atoms with E-state index in [2.05, 4.69) is 16.6 Å². The van der Waals surface area contributed by atoms with Crippen LogP contribution in [0.1, 0.15) is 50.5 Å². The van der Waals surface area contributed by atoms with Gasteiger partial charge in [-0.05, 0) is 37.5 Å². The minimum Gasteiger partial charge on any atom is -0.494 e. The quantitative estimate of drug-likeness (QED) is 0.607. The Hall–Kier alpha value is -2.54.